The summed E-state index contributed by atoms with van der Waals surface area (Å²) in [4.78, 5) is 0. The average Bonchev–Trinajstić information content (AvgIpc) is 3.19. The molecule has 10 aromatic carbocycles. The summed E-state index contributed by atoms with van der Waals surface area (Å²) in [5.41, 5.74) is 9.94. The predicted molar refractivity (Wildman–Crippen MR) is 216 cm³/mol. The monoisotopic (exact) mass is 632 g/mol. The van der Waals surface area contributed by atoms with Crippen LogP contribution in [0.5, 0.6) is 0 Å². The molecule has 0 saturated heterocycles. The van der Waals surface area contributed by atoms with Gasteiger partial charge in [-0.15, -0.1) is 0 Å². The number of hydrogen-bond donors (Lipinski definition) is 0. The minimum Gasteiger partial charge on any atom is -0.0622 e. The van der Waals surface area contributed by atoms with E-state index in [9.17, 15) is 0 Å². The number of fused-ring (bicyclic) bond motifs is 6. The number of hydrogen-bond acceptors (Lipinski definition) is 0. The summed E-state index contributed by atoms with van der Waals surface area (Å²) in [7, 11) is 0. The lowest BCUT2D eigenvalue weighted by Crippen LogP contribution is -1.95. The molecule has 0 nitrogen and oxygen atoms in total. The molecule has 0 aliphatic carbocycles. The van der Waals surface area contributed by atoms with Crippen LogP contribution in [0.1, 0.15) is 0 Å². The van der Waals surface area contributed by atoms with Gasteiger partial charge in [0.1, 0.15) is 0 Å². The lowest BCUT2D eigenvalue weighted by Gasteiger charge is -2.22. The van der Waals surface area contributed by atoms with Crippen LogP contribution in [0.2, 0.25) is 0 Å². The minimum absolute atomic E-state index is 1.22. The third-order valence-corrected chi connectivity index (χ3v) is 10.4. The molecule has 0 amide bonds. The molecular formula is C50H32. The van der Waals surface area contributed by atoms with Crippen molar-refractivity contribution < 1.29 is 0 Å². The topological polar surface area (TPSA) is 0 Å². The molecule has 0 atom stereocenters. The van der Waals surface area contributed by atoms with Gasteiger partial charge >= 0.3 is 0 Å². The Morgan fingerprint density at radius 3 is 1.12 bits per heavy atom. The molecule has 10 rings (SSSR count). The molecule has 0 aromatic heterocycles. The van der Waals surface area contributed by atoms with Crippen LogP contribution in [0.25, 0.3) is 98.4 Å². The van der Waals surface area contributed by atoms with Gasteiger partial charge in [-0.25, -0.2) is 0 Å². The standard InChI is InChI=1S/C50H32/c1-3-15-33(16-4-1)39-22-11-13-25-42(39)49-45-29-36-20-7-8-21-37(36)30-46(45)50(43-26-14-12-23-40(43)34-17-5-2-6-18-34)48-32-44-38(31-47(48)49)28-27-35-19-9-10-24-41(35)44/h1-32H. The maximum Gasteiger partial charge on any atom is -0.00197 e. The summed E-state index contributed by atoms with van der Waals surface area (Å²) in [5, 5.41) is 12.6. The van der Waals surface area contributed by atoms with Crippen LogP contribution >= 0.6 is 0 Å². The van der Waals surface area contributed by atoms with Crippen LogP contribution in [0.15, 0.2) is 194 Å². The maximum absolute atomic E-state index is 2.48. The predicted octanol–water partition coefficient (Wildman–Crippen LogP) is 14.1. The minimum atomic E-state index is 1.22. The van der Waals surface area contributed by atoms with E-state index in [-0.39, 0.29) is 0 Å². The Morgan fingerprint density at radius 2 is 0.580 bits per heavy atom. The van der Waals surface area contributed by atoms with Crippen LogP contribution in [0.4, 0.5) is 0 Å². The molecule has 0 aliphatic heterocycles. The highest BCUT2D eigenvalue weighted by atomic mass is 14.2. The normalized spacial score (nSPS) is 11.6. The van der Waals surface area contributed by atoms with Gasteiger partial charge in [0.15, 0.2) is 0 Å². The molecule has 0 unspecified atom stereocenters. The van der Waals surface area contributed by atoms with E-state index < -0.39 is 0 Å². The summed E-state index contributed by atoms with van der Waals surface area (Å²) in [6.07, 6.45) is 0. The molecule has 0 N–H and O–H groups in total. The second kappa shape index (κ2) is 11.6. The zero-order valence-electron chi connectivity index (χ0n) is 27.5. The van der Waals surface area contributed by atoms with Crippen LogP contribution in [-0.4, -0.2) is 0 Å². The Morgan fingerprint density at radius 1 is 0.200 bits per heavy atom. The van der Waals surface area contributed by atoms with E-state index in [1.807, 2.05) is 0 Å². The number of rotatable bonds is 4. The van der Waals surface area contributed by atoms with Crippen molar-refractivity contribution in [2.45, 2.75) is 0 Å². The lowest BCUT2D eigenvalue weighted by molar-refractivity contribution is 1.60. The highest BCUT2D eigenvalue weighted by Gasteiger charge is 2.22. The van der Waals surface area contributed by atoms with Crippen molar-refractivity contribution in [3.8, 4) is 44.5 Å². The second-order valence-corrected chi connectivity index (χ2v) is 13.2. The van der Waals surface area contributed by atoms with Crippen molar-refractivity contribution >= 4 is 53.9 Å². The van der Waals surface area contributed by atoms with Gasteiger partial charge < -0.3 is 0 Å². The van der Waals surface area contributed by atoms with Crippen LogP contribution in [0.3, 0.4) is 0 Å². The van der Waals surface area contributed by atoms with Crippen LogP contribution in [0, 0.1) is 0 Å². The first kappa shape index (κ1) is 28.5. The molecule has 50 heavy (non-hydrogen) atoms. The molecule has 0 fully saturated rings. The van der Waals surface area contributed by atoms with Crippen molar-refractivity contribution in [1.29, 1.82) is 0 Å². The van der Waals surface area contributed by atoms with Crippen LogP contribution in [-0.2, 0) is 0 Å². The molecule has 232 valence electrons. The Hall–Kier alpha value is -6.50. The summed E-state index contributed by atoms with van der Waals surface area (Å²) in [5.74, 6) is 0. The summed E-state index contributed by atoms with van der Waals surface area (Å²) >= 11 is 0. The molecule has 0 bridgehead atoms. The van der Waals surface area contributed by atoms with E-state index in [2.05, 4.69) is 194 Å². The third-order valence-electron chi connectivity index (χ3n) is 10.4. The third kappa shape index (κ3) is 4.54. The zero-order chi connectivity index (χ0) is 33.0. The second-order valence-electron chi connectivity index (χ2n) is 13.2. The quantitative estimate of drug-likeness (QED) is 0.134. The fraction of sp³-hybridized carbons (Fsp3) is 0. The van der Waals surface area contributed by atoms with E-state index in [0.29, 0.717) is 0 Å². The van der Waals surface area contributed by atoms with E-state index in [0.717, 1.165) is 0 Å². The zero-order valence-corrected chi connectivity index (χ0v) is 27.5. The maximum atomic E-state index is 2.48. The lowest BCUT2D eigenvalue weighted by atomic mass is 9.80. The van der Waals surface area contributed by atoms with Crippen molar-refractivity contribution in [3.05, 3.63) is 194 Å². The van der Waals surface area contributed by atoms with E-state index in [4.69, 9.17) is 0 Å². The first-order valence-corrected chi connectivity index (χ1v) is 17.4. The average molecular weight is 633 g/mol. The van der Waals surface area contributed by atoms with Gasteiger partial charge in [0.25, 0.3) is 0 Å². The van der Waals surface area contributed by atoms with Crippen molar-refractivity contribution in [2.24, 2.45) is 0 Å². The van der Waals surface area contributed by atoms with Crippen molar-refractivity contribution in [1.82, 2.24) is 0 Å². The van der Waals surface area contributed by atoms with Gasteiger partial charge in [-0.3, -0.25) is 0 Å². The van der Waals surface area contributed by atoms with Crippen molar-refractivity contribution in [2.75, 3.05) is 0 Å². The first-order chi connectivity index (χ1) is 24.8. The van der Waals surface area contributed by atoms with Gasteiger partial charge in [0, 0.05) is 0 Å². The Bertz CT molecular complexity index is 2900. The largest absolute Gasteiger partial charge is 0.0622 e. The van der Waals surface area contributed by atoms with Gasteiger partial charge in [-0.1, -0.05) is 170 Å². The molecule has 0 radical (unpaired) electrons. The smallest absolute Gasteiger partial charge is 0.00197 e. The van der Waals surface area contributed by atoms with E-state index in [1.54, 1.807) is 0 Å². The molecule has 10 aromatic rings. The Labute approximate surface area is 291 Å². The molecular weight excluding hydrogens is 601 g/mol. The molecule has 0 saturated carbocycles. The molecule has 0 heteroatoms. The van der Waals surface area contributed by atoms with E-state index in [1.165, 1.54) is 98.4 Å². The fourth-order valence-corrected chi connectivity index (χ4v) is 8.13. The van der Waals surface area contributed by atoms with Crippen LogP contribution < -0.4 is 0 Å². The van der Waals surface area contributed by atoms with Gasteiger partial charge in [-0.05, 0) is 123 Å². The summed E-state index contributed by atoms with van der Waals surface area (Å²) in [6.45, 7) is 0. The van der Waals surface area contributed by atoms with Gasteiger partial charge in [0.05, 0.1) is 0 Å². The Kier molecular flexibility index (Phi) is 6.60. The summed E-state index contributed by atoms with van der Waals surface area (Å²) in [6, 6.07) is 71.5. The first-order valence-electron chi connectivity index (χ1n) is 17.4. The fourth-order valence-electron chi connectivity index (χ4n) is 8.13. The molecule has 0 aliphatic rings. The van der Waals surface area contributed by atoms with Gasteiger partial charge in [0.2, 0.25) is 0 Å². The molecule has 0 heterocycles. The molecule has 0 spiro atoms. The highest BCUT2D eigenvalue weighted by Crippen LogP contribution is 2.50. The van der Waals surface area contributed by atoms with Gasteiger partial charge in [-0.2, -0.15) is 0 Å². The number of benzene rings is 10. The Balaban J connectivity index is 1.46. The van der Waals surface area contributed by atoms with E-state index >= 15 is 0 Å². The highest BCUT2D eigenvalue weighted by molar-refractivity contribution is 6.28. The SMILES string of the molecule is c1ccc(-c2ccccc2-c2c3cc4ccccc4cc3c(-c3ccccc3-c3ccccc3)c3cc4c(ccc5ccccc54)cc23)cc1. The summed E-state index contributed by atoms with van der Waals surface area (Å²) < 4.78 is 0. The van der Waals surface area contributed by atoms with Crippen molar-refractivity contribution in [3.63, 3.8) is 0 Å².